The van der Waals surface area contributed by atoms with Crippen LogP contribution in [0.1, 0.15) is 36.1 Å². The molecule has 1 N–H and O–H groups in total. The minimum Gasteiger partial charge on any atom is -0.324 e. The maximum Gasteiger partial charge on any atom is 0.246 e. The highest BCUT2D eigenvalue weighted by Gasteiger charge is 2.30. The monoisotopic (exact) mass is 365 g/mol. The summed E-state index contributed by atoms with van der Waals surface area (Å²) in [5.41, 5.74) is 4.21. The van der Waals surface area contributed by atoms with E-state index >= 15 is 0 Å². The Morgan fingerprint density at radius 1 is 1.04 bits per heavy atom. The van der Waals surface area contributed by atoms with E-state index in [1.807, 2.05) is 25.1 Å². The van der Waals surface area contributed by atoms with Crippen LogP contribution in [-0.4, -0.2) is 48.4 Å². The summed E-state index contributed by atoms with van der Waals surface area (Å²) in [7, 11) is 0. The van der Waals surface area contributed by atoms with Crippen LogP contribution in [0.25, 0.3) is 0 Å². The second kappa shape index (κ2) is 9.16. The molecule has 1 fully saturated rings. The fraction of sp³-hybridized carbons (Fsp3) is 0.435. The number of anilines is 1. The first kappa shape index (κ1) is 19.6. The SMILES string of the molecule is CCCN1CCN([C@H](C(=O)Nc2cc(C)ccc2C)c2ccccc2)CC1. The molecule has 0 saturated carbocycles. The summed E-state index contributed by atoms with van der Waals surface area (Å²) >= 11 is 0. The summed E-state index contributed by atoms with van der Waals surface area (Å²) < 4.78 is 0. The third-order valence-corrected chi connectivity index (χ3v) is 5.33. The highest BCUT2D eigenvalue weighted by molar-refractivity contribution is 5.96. The molecule has 2 aromatic rings. The molecule has 0 spiro atoms. The standard InChI is InChI=1S/C23H31N3O/c1-4-12-25-13-15-26(16-14-25)22(20-8-6-5-7-9-20)23(27)24-21-17-18(2)10-11-19(21)3/h5-11,17,22H,4,12-16H2,1-3H3,(H,24,27)/t22-/m0/s1. The first-order valence-electron chi connectivity index (χ1n) is 9.98. The van der Waals surface area contributed by atoms with E-state index in [0.29, 0.717) is 0 Å². The fourth-order valence-corrected chi connectivity index (χ4v) is 3.80. The van der Waals surface area contributed by atoms with Crippen LogP contribution in [0.3, 0.4) is 0 Å². The van der Waals surface area contributed by atoms with E-state index in [1.54, 1.807) is 0 Å². The van der Waals surface area contributed by atoms with E-state index in [1.165, 1.54) is 6.42 Å². The molecule has 1 aliphatic heterocycles. The summed E-state index contributed by atoms with van der Waals surface area (Å²) in [6, 6.07) is 16.1. The zero-order valence-corrected chi connectivity index (χ0v) is 16.7. The molecular formula is C23H31N3O. The van der Waals surface area contributed by atoms with E-state index in [2.05, 4.69) is 59.3 Å². The second-order valence-electron chi connectivity index (χ2n) is 7.50. The normalized spacial score (nSPS) is 16.9. The number of nitrogens with one attached hydrogen (secondary N) is 1. The van der Waals surface area contributed by atoms with Crippen LogP contribution in [0.2, 0.25) is 0 Å². The highest BCUT2D eigenvalue weighted by atomic mass is 16.2. The summed E-state index contributed by atoms with van der Waals surface area (Å²) in [6.07, 6.45) is 1.18. The molecule has 1 atom stereocenters. The molecule has 2 aromatic carbocycles. The van der Waals surface area contributed by atoms with Crippen molar-refractivity contribution in [1.82, 2.24) is 9.80 Å². The first-order valence-corrected chi connectivity index (χ1v) is 9.98. The zero-order valence-electron chi connectivity index (χ0n) is 16.7. The van der Waals surface area contributed by atoms with Crippen LogP contribution in [0.4, 0.5) is 5.69 Å². The topological polar surface area (TPSA) is 35.6 Å². The lowest BCUT2D eigenvalue weighted by atomic mass is 10.0. The van der Waals surface area contributed by atoms with Crippen molar-refractivity contribution in [2.75, 3.05) is 38.0 Å². The van der Waals surface area contributed by atoms with E-state index in [0.717, 1.165) is 55.1 Å². The van der Waals surface area contributed by atoms with E-state index in [4.69, 9.17) is 0 Å². The Labute approximate surface area is 163 Å². The average molecular weight is 366 g/mol. The van der Waals surface area contributed by atoms with Gasteiger partial charge in [0.2, 0.25) is 5.91 Å². The van der Waals surface area contributed by atoms with Gasteiger partial charge in [0.05, 0.1) is 0 Å². The van der Waals surface area contributed by atoms with Gasteiger partial charge in [0, 0.05) is 31.9 Å². The van der Waals surface area contributed by atoms with Crippen molar-refractivity contribution in [1.29, 1.82) is 0 Å². The fourth-order valence-electron chi connectivity index (χ4n) is 3.80. The van der Waals surface area contributed by atoms with Gasteiger partial charge in [-0.3, -0.25) is 9.69 Å². The molecule has 4 heteroatoms. The molecule has 1 aliphatic rings. The Kier molecular flexibility index (Phi) is 6.64. The van der Waals surface area contributed by atoms with Crippen molar-refractivity contribution >= 4 is 11.6 Å². The number of rotatable bonds is 6. The van der Waals surface area contributed by atoms with Crippen molar-refractivity contribution in [2.24, 2.45) is 0 Å². The van der Waals surface area contributed by atoms with E-state index in [-0.39, 0.29) is 11.9 Å². The molecule has 0 aromatic heterocycles. The zero-order chi connectivity index (χ0) is 19.2. The molecule has 1 amide bonds. The number of hydrogen-bond acceptors (Lipinski definition) is 3. The van der Waals surface area contributed by atoms with Gasteiger partial charge in [-0.2, -0.15) is 0 Å². The van der Waals surface area contributed by atoms with E-state index < -0.39 is 0 Å². The lowest BCUT2D eigenvalue weighted by Crippen LogP contribution is -2.50. The van der Waals surface area contributed by atoms with Gasteiger partial charge in [0.25, 0.3) is 0 Å². The van der Waals surface area contributed by atoms with Gasteiger partial charge in [-0.25, -0.2) is 0 Å². The Morgan fingerprint density at radius 2 is 1.74 bits per heavy atom. The van der Waals surface area contributed by atoms with Gasteiger partial charge in [0.1, 0.15) is 6.04 Å². The first-order chi connectivity index (χ1) is 13.1. The number of carbonyl (C=O) groups is 1. The maximum absolute atomic E-state index is 13.3. The smallest absolute Gasteiger partial charge is 0.246 e. The van der Waals surface area contributed by atoms with Crippen LogP contribution in [0.5, 0.6) is 0 Å². The Hall–Kier alpha value is -2.17. The Morgan fingerprint density at radius 3 is 2.41 bits per heavy atom. The number of hydrogen-bond donors (Lipinski definition) is 1. The van der Waals surface area contributed by atoms with Gasteiger partial charge >= 0.3 is 0 Å². The number of amides is 1. The molecule has 0 radical (unpaired) electrons. The van der Waals surface area contributed by atoms with Crippen LogP contribution in [-0.2, 0) is 4.79 Å². The van der Waals surface area contributed by atoms with Crippen LogP contribution in [0, 0.1) is 13.8 Å². The Balaban J connectivity index is 1.80. The number of nitrogens with zero attached hydrogens (tertiary/aromatic N) is 2. The molecule has 0 aliphatic carbocycles. The van der Waals surface area contributed by atoms with Crippen LogP contribution in [0.15, 0.2) is 48.5 Å². The molecule has 27 heavy (non-hydrogen) atoms. The molecular weight excluding hydrogens is 334 g/mol. The predicted octanol–water partition coefficient (Wildman–Crippen LogP) is 4.01. The maximum atomic E-state index is 13.3. The molecule has 3 rings (SSSR count). The van der Waals surface area contributed by atoms with Crippen molar-refractivity contribution in [2.45, 2.75) is 33.2 Å². The summed E-state index contributed by atoms with van der Waals surface area (Å²) in [6.45, 7) is 11.3. The third-order valence-electron chi connectivity index (χ3n) is 5.33. The molecule has 4 nitrogen and oxygen atoms in total. The molecule has 144 valence electrons. The second-order valence-corrected chi connectivity index (χ2v) is 7.50. The van der Waals surface area contributed by atoms with Gasteiger partial charge in [-0.05, 0) is 49.6 Å². The Bertz CT molecular complexity index is 751. The lowest BCUT2D eigenvalue weighted by Gasteiger charge is -2.38. The van der Waals surface area contributed by atoms with E-state index in [9.17, 15) is 4.79 Å². The number of benzene rings is 2. The summed E-state index contributed by atoms with van der Waals surface area (Å²) in [4.78, 5) is 18.1. The summed E-state index contributed by atoms with van der Waals surface area (Å²) in [5.74, 6) is 0.0545. The number of carbonyl (C=O) groups excluding carboxylic acids is 1. The van der Waals surface area contributed by atoms with Crippen molar-refractivity contribution in [3.63, 3.8) is 0 Å². The molecule has 1 saturated heterocycles. The van der Waals surface area contributed by atoms with Crippen molar-refractivity contribution < 1.29 is 4.79 Å². The van der Waals surface area contributed by atoms with Crippen molar-refractivity contribution in [3.8, 4) is 0 Å². The van der Waals surface area contributed by atoms with Gasteiger partial charge in [-0.1, -0.05) is 49.4 Å². The third kappa shape index (κ3) is 4.96. The molecule has 1 heterocycles. The number of aryl methyl sites for hydroxylation is 2. The lowest BCUT2D eigenvalue weighted by molar-refractivity contribution is -0.122. The predicted molar refractivity (Wildman–Crippen MR) is 112 cm³/mol. The largest absolute Gasteiger partial charge is 0.324 e. The van der Waals surface area contributed by atoms with Crippen LogP contribution >= 0.6 is 0 Å². The average Bonchev–Trinajstić information content (AvgIpc) is 2.67. The van der Waals surface area contributed by atoms with Gasteiger partial charge in [0.15, 0.2) is 0 Å². The van der Waals surface area contributed by atoms with Crippen LogP contribution < -0.4 is 5.32 Å². The minimum atomic E-state index is -0.255. The highest BCUT2D eigenvalue weighted by Crippen LogP contribution is 2.25. The van der Waals surface area contributed by atoms with Gasteiger partial charge < -0.3 is 10.2 Å². The number of piperazine rings is 1. The quantitative estimate of drug-likeness (QED) is 0.840. The van der Waals surface area contributed by atoms with Crippen molar-refractivity contribution in [3.05, 3.63) is 65.2 Å². The molecule has 0 bridgehead atoms. The summed E-state index contributed by atoms with van der Waals surface area (Å²) in [5, 5.41) is 3.19. The minimum absolute atomic E-state index is 0.0545. The van der Waals surface area contributed by atoms with Gasteiger partial charge in [-0.15, -0.1) is 0 Å². The molecule has 0 unspecified atom stereocenters.